The Kier molecular flexibility index (Phi) is 26.7. The molecule has 1 saturated heterocycles. The summed E-state index contributed by atoms with van der Waals surface area (Å²) in [5.41, 5.74) is 3.35. The Labute approximate surface area is 613 Å². The number of ether oxygens (including phenoxy) is 8. The summed E-state index contributed by atoms with van der Waals surface area (Å²) in [5, 5.41) is 4.77. The summed E-state index contributed by atoms with van der Waals surface area (Å²) in [4.78, 5) is 151. The highest BCUT2D eigenvalue weighted by Gasteiger charge is 2.46. The average Bonchev–Trinajstić information content (AvgIpc) is 1.65. The molecule has 0 aromatic heterocycles. The van der Waals surface area contributed by atoms with Crippen molar-refractivity contribution in [3.63, 3.8) is 0 Å². The third-order valence-electron chi connectivity index (χ3n) is 19.2. The highest BCUT2D eigenvalue weighted by molar-refractivity contribution is 6.38. The number of methoxy groups -OCH3 is 2. The number of carbonyl (C=O) groups is 10. The standard InChI is InChI=1S/C81H96N6O18/c1-12-13-31-64-74(92)82-63(43-53-33-36-54-23-14-15-24-55(54)42-53)75(93)85(9)66(48-104-80(2,3)4)77(95)101-49-70(88)83(7)39-21-20-32-72(90)103-51-81(5,6)73(91)76(94)87-41-40-86(79(97)102-47-62-60-29-18-16-27-58(60)59-28-17-19-30-61(59)62)46-65(87)78(96)105-67(37-34-52-35-38-68(98-10)69(44-52)99-11)56-25-22-26-57(45-56)100-50-71(89)84(64)8/h14-20,22-30,32-33,35-36,38,42,44-45,62-67H,12-13,21,31,34,37,39-41,43,46-51H2,1-11H3,(H,82,92)/b32-20+/t63-,64-,65-,66-,67+/m0/s1. The number of ketones is 1. The van der Waals surface area contributed by atoms with Gasteiger partial charge in [-0.05, 0) is 134 Å². The van der Waals surface area contributed by atoms with Gasteiger partial charge in [-0.1, -0.05) is 135 Å². The second-order valence-electron chi connectivity index (χ2n) is 28.2. The molecular formula is C81H96N6O18. The molecule has 0 unspecified atom stereocenters. The maximum atomic E-state index is 15.4. The van der Waals surface area contributed by atoms with Crippen molar-refractivity contribution in [1.29, 1.82) is 0 Å². The van der Waals surface area contributed by atoms with E-state index >= 15 is 14.4 Å². The van der Waals surface area contributed by atoms with Crippen molar-refractivity contribution in [2.75, 3.05) is 94.6 Å². The fraction of sp³-hybridized carbons (Fsp3) is 0.432. The first-order valence-corrected chi connectivity index (χ1v) is 35.5. The van der Waals surface area contributed by atoms with Crippen LogP contribution in [0.3, 0.4) is 0 Å². The lowest BCUT2D eigenvalue weighted by molar-refractivity contribution is -0.166. The van der Waals surface area contributed by atoms with E-state index in [1.165, 1.54) is 70.0 Å². The fourth-order valence-electron chi connectivity index (χ4n) is 12.9. The largest absolute Gasteiger partial charge is 0.493 e. The zero-order valence-electron chi connectivity index (χ0n) is 61.7. The number of esters is 3. The number of aryl methyl sites for hydroxylation is 1. The Morgan fingerprint density at radius 2 is 1.33 bits per heavy atom. The first-order chi connectivity index (χ1) is 50.2. The van der Waals surface area contributed by atoms with Gasteiger partial charge in [0.15, 0.2) is 30.8 Å². The second kappa shape index (κ2) is 35.7. The minimum Gasteiger partial charge on any atom is -0.493 e. The normalized spacial score (nSPS) is 20.7. The lowest BCUT2D eigenvalue weighted by Crippen LogP contribution is -2.62. The first-order valence-electron chi connectivity index (χ1n) is 35.5. The number of nitrogens with zero attached hydrogens (tertiary/aromatic N) is 5. The van der Waals surface area contributed by atoms with Gasteiger partial charge in [-0.15, -0.1) is 0 Å². The number of piperazine rings is 1. The van der Waals surface area contributed by atoms with Gasteiger partial charge in [0.05, 0.1) is 38.4 Å². The number of rotatable bonds is 14. The van der Waals surface area contributed by atoms with Crippen LogP contribution in [0.1, 0.15) is 113 Å². The molecule has 24 heteroatoms. The zero-order chi connectivity index (χ0) is 75.7. The molecule has 5 atom stereocenters. The van der Waals surface area contributed by atoms with E-state index in [0.717, 1.165) is 54.5 Å². The number of unbranched alkanes of at least 4 members (excludes halogenated alkanes) is 1. The highest BCUT2D eigenvalue weighted by Crippen LogP contribution is 2.45. The lowest BCUT2D eigenvalue weighted by Gasteiger charge is -2.40. The minimum absolute atomic E-state index is 0.0417. The Balaban J connectivity index is 1.04. The maximum Gasteiger partial charge on any atom is 0.409 e. The van der Waals surface area contributed by atoms with Gasteiger partial charge in [-0.25, -0.2) is 19.2 Å². The Hall–Kier alpha value is -10.6. The number of hydrogen-bond donors (Lipinski definition) is 1. The van der Waals surface area contributed by atoms with Gasteiger partial charge in [0.25, 0.3) is 17.7 Å². The number of carbonyl (C=O) groups excluding carboxylic acids is 10. The van der Waals surface area contributed by atoms with E-state index in [1.807, 2.05) is 104 Å². The second-order valence-corrected chi connectivity index (χ2v) is 28.2. The van der Waals surface area contributed by atoms with Crippen molar-refractivity contribution >= 4 is 70.1 Å². The number of benzene rings is 6. The van der Waals surface area contributed by atoms with E-state index in [0.29, 0.717) is 35.5 Å². The van der Waals surface area contributed by atoms with Crippen molar-refractivity contribution in [1.82, 2.24) is 29.8 Å². The summed E-state index contributed by atoms with van der Waals surface area (Å²) >= 11 is 0. The summed E-state index contributed by atoms with van der Waals surface area (Å²) in [7, 11) is 7.33. The van der Waals surface area contributed by atoms with E-state index in [1.54, 1.807) is 57.2 Å². The minimum atomic E-state index is -1.67. The van der Waals surface area contributed by atoms with Crippen LogP contribution in [-0.4, -0.2) is 208 Å². The molecule has 105 heavy (non-hydrogen) atoms. The smallest absolute Gasteiger partial charge is 0.409 e. The molecule has 6 aromatic carbocycles. The molecule has 2 heterocycles. The topological polar surface area (TPSA) is 273 Å². The van der Waals surface area contributed by atoms with Crippen LogP contribution in [0.25, 0.3) is 21.9 Å². The molecule has 2 bridgehead atoms. The fourth-order valence-corrected chi connectivity index (χ4v) is 12.9. The molecule has 1 N–H and O–H groups in total. The predicted molar refractivity (Wildman–Crippen MR) is 391 cm³/mol. The van der Waals surface area contributed by atoms with Crippen LogP contribution >= 0.6 is 0 Å². The van der Waals surface area contributed by atoms with Gasteiger partial charge >= 0.3 is 24.0 Å². The Morgan fingerprint density at radius 1 is 0.657 bits per heavy atom. The molecule has 24 nitrogen and oxygen atoms in total. The molecule has 558 valence electrons. The van der Waals surface area contributed by atoms with Gasteiger partial charge < -0.3 is 67.7 Å². The van der Waals surface area contributed by atoms with Crippen LogP contribution in [0.2, 0.25) is 0 Å². The van der Waals surface area contributed by atoms with Gasteiger partial charge in [0, 0.05) is 59.2 Å². The van der Waals surface area contributed by atoms with E-state index < -0.39 is 127 Å². The van der Waals surface area contributed by atoms with Crippen molar-refractivity contribution in [2.45, 2.75) is 128 Å². The predicted octanol–water partition coefficient (Wildman–Crippen LogP) is 9.40. The SMILES string of the molecule is CCCC[C@H]1C(=O)N[C@@H](Cc2ccc3ccccc3c2)C(=O)N(C)[C@@H](COC(C)(C)C)C(=O)OCC(=O)N(C)CC/C=C/C(=O)OCC(C)(C)C(=O)C(=O)N2CCN(C(=O)OCC3c4ccccc4-c4ccccc43)C[C@H]2C(=O)O[C@H](CCc2ccc(OC)c(OC)c2)c2cccc(c2)OCC(=O)N1C. The molecule has 0 spiro atoms. The van der Waals surface area contributed by atoms with Crippen LogP contribution in [0, 0.1) is 5.41 Å². The van der Waals surface area contributed by atoms with Crippen molar-refractivity contribution in [3.8, 4) is 28.4 Å². The van der Waals surface area contributed by atoms with Crippen LogP contribution in [-0.2, 0) is 79.7 Å². The lowest BCUT2D eigenvalue weighted by atomic mass is 9.87. The monoisotopic (exact) mass is 1440 g/mol. The number of amides is 6. The Bertz CT molecular complexity index is 4140. The molecule has 9 rings (SSSR count). The molecule has 0 radical (unpaired) electrons. The van der Waals surface area contributed by atoms with Crippen LogP contribution in [0.15, 0.2) is 146 Å². The zero-order valence-corrected chi connectivity index (χ0v) is 61.7. The van der Waals surface area contributed by atoms with Crippen LogP contribution < -0.4 is 19.5 Å². The molecule has 6 amide bonds. The molecule has 2 aliphatic heterocycles. The summed E-state index contributed by atoms with van der Waals surface area (Å²) in [5.74, 6) is -6.74. The van der Waals surface area contributed by atoms with Crippen molar-refractivity contribution < 1.29 is 85.8 Å². The summed E-state index contributed by atoms with van der Waals surface area (Å²) in [6.07, 6.45) is 2.41. The quantitative estimate of drug-likeness (QED) is 0.0604. The summed E-state index contributed by atoms with van der Waals surface area (Å²) in [6.45, 7) is 6.89. The summed E-state index contributed by atoms with van der Waals surface area (Å²) < 4.78 is 47.2. The number of hydrogen-bond acceptors (Lipinski definition) is 18. The third kappa shape index (κ3) is 20.2. The van der Waals surface area contributed by atoms with E-state index in [2.05, 4.69) is 5.32 Å². The van der Waals surface area contributed by atoms with E-state index in [-0.39, 0.29) is 76.6 Å². The molecule has 1 aliphatic carbocycles. The maximum absolute atomic E-state index is 15.4. The number of fused-ring (bicyclic) bond motifs is 7. The third-order valence-corrected chi connectivity index (χ3v) is 19.2. The van der Waals surface area contributed by atoms with Crippen LogP contribution in [0.4, 0.5) is 4.79 Å². The summed E-state index contributed by atoms with van der Waals surface area (Å²) in [6, 6.07) is 35.4. The Morgan fingerprint density at radius 3 is 2.03 bits per heavy atom. The molecular weight excluding hydrogens is 1340 g/mol. The first kappa shape index (κ1) is 78.5. The van der Waals surface area contributed by atoms with Crippen molar-refractivity contribution in [3.05, 3.63) is 173 Å². The molecule has 1 fully saturated rings. The highest BCUT2D eigenvalue weighted by atomic mass is 16.6. The van der Waals surface area contributed by atoms with Crippen LogP contribution in [0.5, 0.6) is 17.2 Å². The van der Waals surface area contributed by atoms with Gasteiger partial charge in [-0.2, -0.15) is 0 Å². The number of cyclic esters (lactones) is 3. The number of Topliss-reactive ketones (excluding diaryl/α,β-unsaturated/α-hetero) is 1. The molecule has 3 aliphatic rings. The van der Waals surface area contributed by atoms with Crippen molar-refractivity contribution in [2.24, 2.45) is 5.41 Å². The molecule has 0 saturated carbocycles. The number of likely N-dealkylation sites (N-methyl/N-ethyl adjacent to an activating group) is 3. The number of nitrogens with one attached hydrogen (secondary N) is 1. The van der Waals surface area contributed by atoms with Gasteiger partial charge in [0.1, 0.15) is 43.2 Å². The van der Waals surface area contributed by atoms with E-state index in [9.17, 15) is 33.6 Å². The van der Waals surface area contributed by atoms with Gasteiger partial charge in [-0.3, -0.25) is 28.8 Å². The molecule has 6 aromatic rings. The van der Waals surface area contributed by atoms with Gasteiger partial charge in [0.2, 0.25) is 17.6 Å². The average molecular weight is 1440 g/mol. The van der Waals surface area contributed by atoms with E-state index in [4.69, 9.17) is 37.9 Å².